The number of hydrogen-bond acceptors (Lipinski definition) is 6. The van der Waals surface area contributed by atoms with Crippen molar-refractivity contribution >= 4 is 23.2 Å². The van der Waals surface area contributed by atoms with Crippen molar-refractivity contribution in [3.63, 3.8) is 0 Å². The minimum absolute atomic E-state index is 0.265. The van der Waals surface area contributed by atoms with E-state index in [1.54, 1.807) is 18.2 Å². The van der Waals surface area contributed by atoms with Gasteiger partial charge in [-0.25, -0.2) is 0 Å². The Balaban J connectivity index is 2.44. The van der Waals surface area contributed by atoms with Crippen molar-refractivity contribution < 1.29 is 28.5 Å². The fraction of sp³-hybridized carbons (Fsp3) is 0.278. The lowest BCUT2D eigenvalue weighted by Crippen LogP contribution is -2.14. The maximum absolute atomic E-state index is 12.8. The van der Waals surface area contributed by atoms with Crippen molar-refractivity contribution in [2.75, 3.05) is 40.9 Å². The van der Waals surface area contributed by atoms with Crippen molar-refractivity contribution in [3.05, 3.63) is 34.9 Å². The van der Waals surface area contributed by atoms with Crippen LogP contribution in [0.15, 0.2) is 24.3 Å². The third-order valence-electron chi connectivity index (χ3n) is 3.67. The molecular formula is C18H20ClNO6. The predicted octanol–water partition coefficient (Wildman–Crippen LogP) is 3.64. The van der Waals surface area contributed by atoms with Gasteiger partial charge in [0.2, 0.25) is 0 Å². The van der Waals surface area contributed by atoms with Gasteiger partial charge in [-0.3, -0.25) is 4.79 Å². The zero-order valence-corrected chi connectivity index (χ0v) is 15.9. The third kappa shape index (κ3) is 3.88. The van der Waals surface area contributed by atoms with E-state index in [4.69, 9.17) is 35.3 Å². The van der Waals surface area contributed by atoms with Gasteiger partial charge in [0.05, 0.1) is 51.8 Å². The topological polar surface area (TPSA) is 75.3 Å². The summed E-state index contributed by atoms with van der Waals surface area (Å²) in [5.74, 6) is 1.56. The zero-order chi connectivity index (χ0) is 19.3. The summed E-state index contributed by atoms with van der Waals surface area (Å²) in [6.07, 6.45) is 0. The van der Waals surface area contributed by atoms with Crippen LogP contribution in [0.3, 0.4) is 0 Å². The fourth-order valence-electron chi connectivity index (χ4n) is 2.35. The highest BCUT2D eigenvalue weighted by atomic mass is 35.5. The summed E-state index contributed by atoms with van der Waals surface area (Å²) in [5, 5.41) is 3.13. The fourth-order valence-corrected chi connectivity index (χ4v) is 2.59. The molecule has 0 aliphatic heterocycles. The molecule has 140 valence electrons. The number of nitrogens with one attached hydrogen (secondary N) is 1. The summed E-state index contributed by atoms with van der Waals surface area (Å²) in [6.45, 7) is 0. The Hall–Kier alpha value is -2.80. The molecule has 2 rings (SSSR count). The van der Waals surface area contributed by atoms with Gasteiger partial charge in [0.25, 0.3) is 5.91 Å². The zero-order valence-electron chi connectivity index (χ0n) is 15.1. The van der Waals surface area contributed by atoms with Crippen LogP contribution in [-0.4, -0.2) is 41.5 Å². The van der Waals surface area contributed by atoms with Crippen LogP contribution in [0.4, 0.5) is 5.69 Å². The Morgan fingerprint density at radius 1 is 0.731 bits per heavy atom. The average Bonchev–Trinajstić information content (AvgIpc) is 2.67. The van der Waals surface area contributed by atoms with Crippen molar-refractivity contribution in [2.24, 2.45) is 0 Å². The first kappa shape index (κ1) is 19.5. The summed E-state index contributed by atoms with van der Waals surface area (Å²) in [5.41, 5.74) is 0.664. The maximum Gasteiger partial charge on any atom is 0.259 e. The highest BCUT2D eigenvalue weighted by Crippen LogP contribution is 2.38. The normalized spacial score (nSPS) is 10.1. The molecule has 1 amide bonds. The minimum atomic E-state index is -0.425. The summed E-state index contributed by atoms with van der Waals surface area (Å²) in [7, 11) is 7.41. The Kier molecular flexibility index (Phi) is 6.41. The van der Waals surface area contributed by atoms with Crippen LogP contribution in [0.25, 0.3) is 0 Å². The van der Waals surface area contributed by atoms with Crippen molar-refractivity contribution in [1.82, 2.24) is 0 Å². The molecule has 2 aromatic rings. The molecule has 0 unspecified atom stereocenters. The summed E-state index contributed by atoms with van der Waals surface area (Å²) < 4.78 is 26.2. The predicted molar refractivity (Wildman–Crippen MR) is 98.6 cm³/mol. The lowest BCUT2D eigenvalue weighted by atomic mass is 10.1. The van der Waals surface area contributed by atoms with Gasteiger partial charge in [0, 0.05) is 24.3 Å². The molecule has 0 aliphatic rings. The molecule has 26 heavy (non-hydrogen) atoms. The van der Waals surface area contributed by atoms with Gasteiger partial charge in [-0.05, 0) is 0 Å². The van der Waals surface area contributed by atoms with Crippen LogP contribution in [0.2, 0.25) is 5.02 Å². The quantitative estimate of drug-likeness (QED) is 0.789. The van der Waals surface area contributed by atoms with Crippen LogP contribution >= 0.6 is 11.6 Å². The molecule has 1 N–H and O–H groups in total. The molecule has 0 saturated carbocycles. The second-order valence-corrected chi connectivity index (χ2v) is 5.46. The maximum atomic E-state index is 12.8. The molecule has 0 radical (unpaired) electrons. The lowest BCUT2D eigenvalue weighted by Gasteiger charge is -2.16. The molecule has 0 atom stereocenters. The third-order valence-corrected chi connectivity index (χ3v) is 3.97. The van der Waals surface area contributed by atoms with E-state index >= 15 is 0 Å². The van der Waals surface area contributed by atoms with E-state index in [9.17, 15) is 4.79 Å². The first-order valence-electron chi connectivity index (χ1n) is 7.51. The number of benzene rings is 2. The molecule has 0 aromatic heterocycles. The van der Waals surface area contributed by atoms with Crippen LogP contribution < -0.4 is 29.0 Å². The molecule has 8 heteroatoms. The largest absolute Gasteiger partial charge is 0.496 e. The number of amides is 1. The molecule has 7 nitrogen and oxygen atoms in total. The number of rotatable bonds is 7. The highest BCUT2D eigenvalue weighted by Gasteiger charge is 2.20. The van der Waals surface area contributed by atoms with Gasteiger partial charge >= 0.3 is 0 Å². The summed E-state index contributed by atoms with van der Waals surface area (Å²) >= 11 is 6.09. The first-order valence-corrected chi connectivity index (χ1v) is 7.89. The summed E-state index contributed by atoms with van der Waals surface area (Å²) in [6, 6.07) is 6.24. The second kappa shape index (κ2) is 8.53. The Labute approximate surface area is 156 Å². The van der Waals surface area contributed by atoms with E-state index < -0.39 is 5.91 Å². The molecule has 0 fully saturated rings. The first-order chi connectivity index (χ1) is 12.5. The molecule has 0 saturated heterocycles. The SMILES string of the molecule is COc1cc(NC(=O)c2cc(OC)c(OC)cc2OC)c(OC)cc1Cl. The number of methoxy groups -OCH3 is 5. The van der Waals surface area contributed by atoms with Crippen molar-refractivity contribution in [2.45, 2.75) is 0 Å². The summed E-state index contributed by atoms with van der Waals surface area (Å²) in [4.78, 5) is 12.8. The van der Waals surface area contributed by atoms with Crippen LogP contribution in [0, 0.1) is 0 Å². The number of carbonyl (C=O) groups is 1. The van der Waals surface area contributed by atoms with E-state index in [0.717, 1.165) is 0 Å². The Morgan fingerprint density at radius 3 is 1.81 bits per heavy atom. The van der Waals surface area contributed by atoms with E-state index in [1.807, 2.05) is 0 Å². The van der Waals surface area contributed by atoms with Gasteiger partial charge in [-0.1, -0.05) is 11.6 Å². The van der Waals surface area contributed by atoms with Crippen molar-refractivity contribution in [3.8, 4) is 28.7 Å². The Morgan fingerprint density at radius 2 is 1.27 bits per heavy atom. The number of hydrogen-bond donors (Lipinski definition) is 1. The second-order valence-electron chi connectivity index (χ2n) is 5.05. The monoisotopic (exact) mass is 381 g/mol. The van der Waals surface area contributed by atoms with Crippen LogP contribution in [-0.2, 0) is 0 Å². The van der Waals surface area contributed by atoms with Crippen LogP contribution in [0.1, 0.15) is 10.4 Å². The van der Waals surface area contributed by atoms with E-state index in [-0.39, 0.29) is 5.56 Å². The molecular weight excluding hydrogens is 362 g/mol. The standard InChI is InChI=1S/C18H20ClNO6/c1-22-13-9-17(26-5)16(25-4)6-10(13)18(21)20-12-8-14(23-2)11(19)7-15(12)24-3/h6-9H,1-5H3,(H,20,21). The molecule has 0 spiro atoms. The van der Waals surface area contributed by atoms with Gasteiger partial charge < -0.3 is 29.0 Å². The van der Waals surface area contributed by atoms with E-state index in [0.29, 0.717) is 39.5 Å². The molecule has 0 bridgehead atoms. The van der Waals surface area contributed by atoms with E-state index in [2.05, 4.69) is 5.32 Å². The minimum Gasteiger partial charge on any atom is -0.496 e. The highest BCUT2D eigenvalue weighted by molar-refractivity contribution is 6.32. The van der Waals surface area contributed by atoms with Crippen LogP contribution in [0.5, 0.6) is 28.7 Å². The molecule has 0 aliphatic carbocycles. The molecule has 0 heterocycles. The average molecular weight is 382 g/mol. The van der Waals surface area contributed by atoms with E-state index in [1.165, 1.54) is 41.6 Å². The number of halogens is 1. The number of anilines is 1. The lowest BCUT2D eigenvalue weighted by molar-refractivity contribution is 0.102. The van der Waals surface area contributed by atoms with Gasteiger partial charge in [-0.15, -0.1) is 0 Å². The number of ether oxygens (including phenoxy) is 5. The van der Waals surface area contributed by atoms with Gasteiger partial charge in [0.15, 0.2) is 11.5 Å². The van der Waals surface area contributed by atoms with Crippen molar-refractivity contribution in [1.29, 1.82) is 0 Å². The number of carbonyl (C=O) groups excluding carboxylic acids is 1. The van der Waals surface area contributed by atoms with Gasteiger partial charge in [0.1, 0.15) is 17.2 Å². The Bertz CT molecular complexity index is 809. The molecule has 2 aromatic carbocycles. The van der Waals surface area contributed by atoms with Gasteiger partial charge in [-0.2, -0.15) is 0 Å². The smallest absolute Gasteiger partial charge is 0.259 e.